The van der Waals surface area contributed by atoms with E-state index in [1.807, 2.05) is 32.3 Å². The molecule has 1 spiro atoms. The molecule has 8 atom stereocenters. The summed E-state index contributed by atoms with van der Waals surface area (Å²) >= 11 is 2.27. The second kappa shape index (κ2) is 10.1. The molecule has 6 rings (SSSR count). The number of halogens is 1. The van der Waals surface area contributed by atoms with E-state index in [9.17, 15) is 15.0 Å². The van der Waals surface area contributed by atoms with Gasteiger partial charge in [-0.3, -0.25) is 9.63 Å². The van der Waals surface area contributed by atoms with Crippen LogP contribution < -0.4 is 10.1 Å². The van der Waals surface area contributed by atoms with Gasteiger partial charge in [0.2, 0.25) is 5.91 Å². The maximum atomic E-state index is 14.1. The smallest absolute Gasteiger partial charge is 0.240 e. The van der Waals surface area contributed by atoms with E-state index in [4.69, 9.17) is 9.57 Å². The van der Waals surface area contributed by atoms with Gasteiger partial charge in [-0.05, 0) is 92.1 Å². The summed E-state index contributed by atoms with van der Waals surface area (Å²) in [6.45, 7) is 10.1. The number of hydrogen-bond acceptors (Lipinski definition) is 7. The van der Waals surface area contributed by atoms with E-state index in [0.717, 1.165) is 27.8 Å². The Balaban J connectivity index is 1.39. The standard InChI is InChI=1S/C29H44IN3O5/c1-17-20-12-19(27(20,2)3)13-22(17)31-26(35)25-29(16-28(29,4)36)23(15-34)38-33(25)14-18-8-7-9-21(30)24(18)37-11-10-32(5)6/h7-9,17,19-20,22-23,25,34,36H,10-16H2,1-6H3,(H,31,35)/t17-,19+,20-,22-,23-,25+,28?,29+/m0/s1. The maximum absolute atomic E-state index is 14.1. The van der Waals surface area contributed by atoms with E-state index in [-0.39, 0.29) is 18.6 Å². The highest BCUT2D eigenvalue weighted by Gasteiger charge is 2.78. The van der Waals surface area contributed by atoms with Gasteiger partial charge in [-0.25, -0.2) is 0 Å². The summed E-state index contributed by atoms with van der Waals surface area (Å²) in [5.41, 5.74) is -0.688. The molecule has 1 amide bonds. The fraction of sp³-hybridized carbons (Fsp3) is 0.759. The fourth-order valence-corrected chi connectivity index (χ4v) is 8.47. The summed E-state index contributed by atoms with van der Waals surface area (Å²) in [6.07, 6.45) is 1.99. The number of ether oxygens (including phenoxy) is 1. The number of nitrogens with zero attached hydrogens (tertiary/aromatic N) is 2. The van der Waals surface area contributed by atoms with Crippen LogP contribution in [0.1, 0.15) is 52.5 Å². The summed E-state index contributed by atoms with van der Waals surface area (Å²) in [7, 11) is 4.02. The molecular formula is C29H44IN3O5. The molecule has 0 radical (unpaired) electrons. The zero-order valence-corrected chi connectivity index (χ0v) is 25.7. The van der Waals surface area contributed by atoms with Crippen LogP contribution in [-0.2, 0) is 16.2 Å². The van der Waals surface area contributed by atoms with E-state index in [1.54, 1.807) is 12.0 Å². The number of benzene rings is 1. The first-order chi connectivity index (χ1) is 17.8. The number of fused-ring (bicyclic) bond motifs is 2. The normalized spacial score (nSPS) is 39.3. The molecule has 212 valence electrons. The van der Waals surface area contributed by atoms with E-state index in [2.05, 4.69) is 53.6 Å². The highest BCUT2D eigenvalue weighted by molar-refractivity contribution is 14.1. The molecule has 5 fully saturated rings. The third-order valence-corrected chi connectivity index (χ3v) is 11.2. The number of aliphatic hydroxyl groups excluding tert-OH is 1. The third kappa shape index (κ3) is 4.59. The van der Waals surface area contributed by atoms with Gasteiger partial charge in [0.1, 0.15) is 24.5 Å². The second-order valence-corrected chi connectivity index (χ2v) is 14.4. The molecule has 1 saturated heterocycles. The van der Waals surface area contributed by atoms with Crippen LogP contribution in [0.25, 0.3) is 0 Å². The number of carbonyl (C=O) groups is 1. The molecule has 0 aromatic heterocycles. The Morgan fingerprint density at radius 2 is 2.00 bits per heavy atom. The lowest BCUT2D eigenvalue weighted by atomic mass is 9.45. The van der Waals surface area contributed by atoms with Crippen molar-refractivity contribution in [2.24, 2.45) is 28.6 Å². The Morgan fingerprint density at radius 1 is 1.29 bits per heavy atom. The molecule has 1 unspecified atom stereocenters. The SMILES string of the molecule is C[C@@H]1[C@@H](NC(=O)[C@H]2N(Cc3cccc(I)c3OCCN(C)C)O[C@@H](CO)[C@]23CC3(C)O)C[C@H]2C[C@@H]1C2(C)C. The number of carbonyl (C=O) groups excluding carboxylic acids is 1. The van der Waals surface area contributed by atoms with Crippen molar-refractivity contribution in [1.82, 2.24) is 15.3 Å². The lowest BCUT2D eigenvalue weighted by Crippen LogP contribution is -2.62. The van der Waals surface area contributed by atoms with Crippen molar-refractivity contribution in [2.75, 3.05) is 33.9 Å². The number of likely N-dealkylation sites (N-methyl/N-ethyl adjacent to an activating group) is 1. The highest BCUT2D eigenvalue weighted by atomic mass is 127. The van der Waals surface area contributed by atoms with Crippen molar-refractivity contribution in [3.63, 3.8) is 0 Å². The first kappa shape index (κ1) is 28.5. The van der Waals surface area contributed by atoms with Gasteiger partial charge in [-0.15, -0.1) is 0 Å². The molecule has 9 heteroatoms. The van der Waals surface area contributed by atoms with Crippen molar-refractivity contribution < 1.29 is 24.6 Å². The molecular weight excluding hydrogens is 597 g/mol. The minimum absolute atomic E-state index is 0.109. The molecule has 4 aliphatic carbocycles. The van der Waals surface area contributed by atoms with Crippen LogP contribution in [0.4, 0.5) is 0 Å². The minimum atomic E-state index is -1.09. The Labute approximate surface area is 240 Å². The van der Waals surface area contributed by atoms with Crippen molar-refractivity contribution in [3.05, 3.63) is 27.3 Å². The van der Waals surface area contributed by atoms with Crippen LogP contribution in [0, 0.1) is 32.2 Å². The first-order valence-electron chi connectivity index (χ1n) is 14.0. The molecule has 3 N–H and O–H groups in total. The topological polar surface area (TPSA) is 94.5 Å². The van der Waals surface area contributed by atoms with E-state index >= 15 is 0 Å². The number of nitrogens with one attached hydrogen (secondary N) is 1. The quantitative estimate of drug-likeness (QED) is 0.357. The first-order valence-corrected chi connectivity index (χ1v) is 15.0. The van der Waals surface area contributed by atoms with Crippen molar-refractivity contribution in [2.45, 2.75) is 77.3 Å². The lowest BCUT2D eigenvalue weighted by Gasteiger charge is -2.62. The lowest BCUT2D eigenvalue weighted by molar-refractivity contribution is -0.183. The van der Waals surface area contributed by atoms with Crippen LogP contribution in [0.5, 0.6) is 5.75 Å². The number of hydroxylamine groups is 2. The average molecular weight is 642 g/mol. The van der Waals surface area contributed by atoms with Crippen molar-refractivity contribution in [3.8, 4) is 5.75 Å². The summed E-state index contributed by atoms with van der Waals surface area (Å²) in [5.74, 6) is 2.30. The fourth-order valence-electron chi connectivity index (χ4n) is 7.76. The molecule has 1 heterocycles. The summed E-state index contributed by atoms with van der Waals surface area (Å²) < 4.78 is 7.18. The van der Waals surface area contributed by atoms with E-state index < -0.39 is 23.2 Å². The van der Waals surface area contributed by atoms with Gasteiger partial charge in [-0.2, -0.15) is 5.06 Å². The number of hydrogen-bond donors (Lipinski definition) is 3. The van der Waals surface area contributed by atoms with Crippen LogP contribution >= 0.6 is 22.6 Å². The van der Waals surface area contributed by atoms with Gasteiger partial charge in [0.15, 0.2) is 0 Å². The van der Waals surface area contributed by atoms with Crippen LogP contribution in [0.15, 0.2) is 18.2 Å². The van der Waals surface area contributed by atoms with E-state index in [0.29, 0.717) is 42.7 Å². The summed E-state index contributed by atoms with van der Waals surface area (Å²) in [6, 6.07) is 5.38. The molecule has 1 aliphatic heterocycles. The minimum Gasteiger partial charge on any atom is -0.491 e. The molecule has 5 aliphatic rings. The highest BCUT2D eigenvalue weighted by Crippen LogP contribution is 2.66. The third-order valence-electron chi connectivity index (χ3n) is 10.4. The van der Waals surface area contributed by atoms with Crippen molar-refractivity contribution >= 4 is 28.5 Å². The average Bonchev–Trinajstić information content (AvgIpc) is 3.25. The second-order valence-electron chi connectivity index (χ2n) is 13.2. The van der Waals surface area contributed by atoms with Gasteiger partial charge >= 0.3 is 0 Å². The predicted molar refractivity (Wildman–Crippen MR) is 153 cm³/mol. The predicted octanol–water partition coefficient (Wildman–Crippen LogP) is 3.04. The maximum Gasteiger partial charge on any atom is 0.240 e. The van der Waals surface area contributed by atoms with Crippen LogP contribution in [0.2, 0.25) is 0 Å². The zero-order chi connectivity index (χ0) is 27.6. The molecule has 1 aromatic rings. The van der Waals surface area contributed by atoms with Crippen molar-refractivity contribution in [1.29, 1.82) is 0 Å². The van der Waals surface area contributed by atoms with Gasteiger partial charge in [0, 0.05) is 18.2 Å². The van der Waals surface area contributed by atoms with Gasteiger partial charge in [0.25, 0.3) is 0 Å². The summed E-state index contributed by atoms with van der Waals surface area (Å²) in [4.78, 5) is 22.4. The van der Waals surface area contributed by atoms with Gasteiger partial charge in [0.05, 0.1) is 27.7 Å². The Kier molecular flexibility index (Phi) is 7.61. The molecule has 4 saturated carbocycles. The molecule has 38 heavy (non-hydrogen) atoms. The molecule has 1 aromatic carbocycles. The number of aliphatic hydroxyl groups is 2. The Morgan fingerprint density at radius 3 is 2.58 bits per heavy atom. The Bertz CT molecular complexity index is 1060. The number of amides is 1. The summed E-state index contributed by atoms with van der Waals surface area (Å²) in [5, 5.41) is 26.5. The van der Waals surface area contributed by atoms with Gasteiger partial charge < -0.3 is 25.2 Å². The Hall–Kier alpha value is -0.980. The van der Waals surface area contributed by atoms with Gasteiger partial charge in [-0.1, -0.05) is 32.9 Å². The number of rotatable bonds is 9. The molecule has 2 bridgehead atoms. The van der Waals surface area contributed by atoms with Crippen LogP contribution in [-0.4, -0.2) is 83.7 Å². The number of para-hydroxylation sites is 1. The van der Waals surface area contributed by atoms with E-state index in [1.165, 1.54) is 6.42 Å². The zero-order valence-electron chi connectivity index (χ0n) is 23.5. The molecule has 8 nitrogen and oxygen atoms in total. The monoisotopic (exact) mass is 641 g/mol. The largest absolute Gasteiger partial charge is 0.491 e. The van der Waals surface area contributed by atoms with Crippen LogP contribution in [0.3, 0.4) is 0 Å².